The van der Waals surface area contributed by atoms with Gasteiger partial charge in [0.25, 0.3) is 11.5 Å². The quantitative estimate of drug-likeness (QED) is 0.144. The lowest BCUT2D eigenvalue weighted by molar-refractivity contribution is 0.101. The monoisotopic (exact) mass is 551 g/mol. The number of nitrogens with zero attached hydrogens (tertiary/aromatic N) is 2. The molecule has 9 heteroatoms. The van der Waals surface area contributed by atoms with Gasteiger partial charge in [-0.3, -0.25) is 19.0 Å². The predicted octanol–water partition coefficient (Wildman–Crippen LogP) is 5.63. The Balaban J connectivity index is 1.50. The number of benzene rings is 4. The maximum atomic E-state index is 13.7. The maximum absolute atomic E-state index is 13.7. The summed E-state index contributed by atoms with van der Waals surface area (Å²) in [5.74, 6) is 0.655. The lowest BCUT2D eigenvalue weighted by Gasteiger charge is -2.14. The summed E-state index contributed by atoms with van der Waals surface area (Å²) in [6.07, 6.45) is 0. The molecule has 5 rings (SSSR count). The molecule has 1 amide bonds. The number of nitrogens with one attached hydrogen (secondary N) is 1. The van der Waals surface area contributed by atoms with E-state index in [-0.39, 0.29) is 23.0 Å². The average Bonchev–Trinajstić information content (AvgIpc) is 3.00. The predicted molar refractivity (Wildman–Crippen MR) is 156 cm³/mol. The van der Waals surface area contributed by atoms with Crippen LogP contribution in [0.2, 0.25) is 0 Å². The Morgan fingerprint density at radius 3 is 2.23 bits per heavy atom. The number of hydrogen-bond donors (Lipinski definition) is 1. The van der Waals surface area contributed by atoms with Crippen molar-refractivity contribution in [2.45, 2.75) is 5.16 Å². The summed E-state index contributed by atoms with van der Waals surface area (Å²) in [6, 6.07) is 27.9. The van der Waals surface area contributed by atoms with Crippen molar-refractivity contribution in [3.05, 3.63) is 119 Å². The summed E-state index contributed by atoms with van der Waals surface area (Å²) in [4.78, 5) is 44.3. The number of methoxy groups -OCH3 is 2. The molecule has 0 atom stereocenters. The minimum absolute atomic E-state index is 0.0809. The van der Waals surface area contributed by atoms with Gasteiger partial charge in [-0.2, -0.15) is 0 Å². The molecule has 0 aliphatic heterocycles. The molecule has 0 aliphatic carbocycles. The molecule has 200 valence electrons. The van der Waals surface area contributed by atoms with E-state index in [2.05, 4.69) is 5.32 Å². The number of fused-ring (bicyclic) bond motifs is 1. The molecule has 1 heterocycles. The minimum atomic E-state index is -0.378. The van der Waals surface area contributed by atoms with E-state index in [0.29, 0.717) is 50.1 Å². The van der Waals surface area contributed by atoms with E-state index in [9.17, 15) is 14.4 Å². The summed E-state index contributed by atoms with van der Waals surface area (Å²) < 4.78 is 12.1. The van der Waals surface area contributed by atoms with Crippen LogP contribution >= 0.6 is 11.8 Å². The van der Waals surface area contributed by atoms with Crippen molar-refractivity contribution in [2.75, 3.05) is 25.3 Å². The SMILES string of the molecule is COc1ccc(NC(=O)c2ccc3c(=O)n(-c4ccccc4)c(SCC(=O)c4ccccc4)nc3c2)cc1OC. The van der Waals surface area contributed by atoms with Crippen LogP contribution in [0.25, 0.3) is 16.6 Å². The number of Topliss-reactive ketones (excluding diaryl/α,β-unsaturated/α-hetero) is 1. The number of ketones is 1. The number of thioether (sulfide) groups is 1. The lowest BCUT2D eigenvalue weighted by Crippen LogP contribution is -2.22. The second kappa shape index (κ2) is 11.9. The minimum Gasteiger partial charge on any atom is -0.493 e. The number of hydrogen-bond acceptors (Lipinski definition) is 7. The highest BCUT2D eigenvalue weighted by atomic mass is 32.2. The van der Waals surface area contributed by atoms with Crippen LogP contribution in [0.4, 0.5) is 5.69 Å². The molecule has 4 aromatic carbocycles. The van der Waals surface area contributed by atoms with Gasteiger partial charge in [-0.05, 0) is 42.5 Å². The topological polar surface area (TPSA) is 99.5 Å². The molecule has 0 radical (unpaired) electrons. The van der Waals surface area contributed by atoms with Gasteiger partial charge in [-0.15, -0.1) is 0 Å². The molecule has 1 aromatic heterocycles. The van der Waals surface area contributed by atoms with Gasteiger partial charge in [-0.25, -0.2) is 4.98 Å². The smallest absolute Gasteiger partial charge is 0.266 e. The fraction of sp³-hybridized carbons (Fsp3) is 0.0968. The first kappa shape index (κ1) is 26.7. The molecular weight excluding hydrogens is 526 g/mol. The van der Waals surface area contributed by atoms with Crippen LogP contribution in [-0.4, -0.2) is 41.2 Å². The first-order valence-electron chi connectivity index (χ1n) is 12.3. The molecule has 5 aromatic rings. The lowest BCUT2D eigenvalue weighted by atomic mass is 10.1. The molecule has 0 bridgehead atoms. The molecule has 40 heavy (non-hydrogen) atoms. The fourth-order valence-electron chi connectivity index (χ4n) is 4.16. The van der Waals surface area contributed by atoms with Crippen molar-refractivity contribution >= 4 is 40.0 Å². The van der Waals surface area contributed by atoms with Crippen molar-refractivity contribution in [3.8, 4) is 17.2 Å². The molecule has 0 aliphatic rings. The van der Waals surface area contributed by atoms with E-state index in [1.165, 1.54) is 30.5 Å². The van der Waals surface area contributed by atoms with E-state index in [1.807, 2.05) is 36.4 Å². The van der Waals surface area contributed by atoms with Crippen molar-refractivity contribution in [3.63, 3.8) is 0 Å². The number of amides is 1. The third-order valence-electron chi connectivity index (χ3n) is 6.18. The van der Waals surface area contributed by atoms with Crippen LogP contribution in [-0.2, 0) is 0 Å². The third-order valence-corrected chi connectivity index (χ3v) is 7.12. The second-order valence-corrected chi connectivity index (χ2v) is 9.65. The highest BCUT2D eigenvalue weighted by Crippen LogP contribution is 2.30. The van der Waals surface area contributed by atoms with E-state index in [0.717, 1.165) is 0 Å². The molecule has 0 saturated heterocycles. The summed E-state index contributed by atoms with van der Waals surface area (Å²) >= 11 is 1.17. The number of aromatic nitrogens is 2. The Labute approximate surface area is 234 Å². The number of carbonyl (C=O) groups excluding carboxylic acids is 2. The van der Waals surface area contributed by atoms with Gasteiger partial charge in [0.2, 0.25) is 0 Å². The third kappa shape index (κ3) is 5.60. The van der Waals surface area contributed by atoms with Crippen LogP contribution in [0, 0.1) is 0 Å². The van der Waals surface area contributed by atoms with Gasteiger partial charge in [0, 0.05) is 22.9 Å². The molecule has 0 saturated carbocycles. The Morgan fingerprint density at radius 2 is 1.52 bits per heavy atom. The largest absolute Gasteiger partial charge is 0.493 e. The first-order chi connectivity index (χ1) is 19.5. The zero-order valence-corrected chi connectivity index (χ0v) is 22.6. The van der Waals surface area contributed by atoms with Crippen molar-refractivity contribution in [2.24, 2.45) is 0 Å². The Bertz CT molecular complexity index is 1750. The first-order valence-corrected chi connectivity index (χ1v) is 13.3. The van der Waals surface area contributed by atoms with Gasteiger partial charge in [0.15, 0.2) is 22.4 Å². The summed E-state index contributed by atoms with van der Waals surface area (Å²) in [7, 11) is 3.05. The van der Waals surface area contributed by atoms with Gasteiger partial charge in [0.1, 0.15) is 0 Å². The van der Waals surface area contributed by atoms with Crippen molar-refractivity contribution in [1.29, 1.82) is 0 Å². The number of anilines is 1. The van der Waals surface area contributed by atoms with Gasteiger partial charge >= 0.3 is 0 Å². The van der Waals surface area contributed by atoms with Gasteiger partial charge in [-0.1, -0.05) is 60.3 Å². The zero-order valence-electron chi connectivity index (χ0n) is 21.8. The number of para-hydroxylation sites is 1. The fourth-order valence-corrected chi connectivity index (χ4v) is 5.07. The molecule has 8 nitrogen and oxygen atoms in total. The van der Waals surface area contributed by atoms with E-state index in [4.69, 9.17) is 14.5 Å². The van der Waals surface area contributed by atoms with E-state index < -0.39 is 0 Å². The van der Waals surface area contributed by atoms with Gasteiger partial charge in [0.05, 0.1) is 36.6 Å². The van der Waals surface area contributed by atoms with Crippen molar-refractivity contribution < 1.29 is 19.1 Å². The van der Waals surface area contributed by atoms with Crippen LogP contribution in [0.5, 0.6) is 11.5 Å². The van der Waals surface area contributed by atoms with Crippen LogP contribution in [0.3, 0.4) is 0 Å². The second-order valence-electron chi connectivity index (χ2n) is 8.70. The average molecular weight is 552 g/mol. The Morgan fingerprint density at radius 1 is 0.825 bits per heavy atom. The highest BCUT2D eigenvalue weighted by molar-refractivity contribution is 7.99. The molecule has 0 unspecified atom stereocenters. The molecule has 0 spiro atoms. The van der Waals surface area contributed by atoms with Crippen LogP contribution in [0.15, 0.2) is 107 Å². The maximum Gasteiger partial charge on any atom is 0.266 e. The molecule has 0 fully saturated rings. The van der Waals surface area contributed by atoms with Crippen LogP contribution in [0.1, 0.15) is 20.7 Å². The highest BCUT2D eigenvalue weighted by Gasteiger charge is 2.17. The number of ether oxygens (including phenoxy) is 2. The Hall–Kier alpha value is -4.89. The summed E-state index contributed by atoms with van der Waals surface area (Å²) in [5.41, 5.74) is 2.11. The summed E-state index contributed by atoms with van der Waals surface area (Å²) in [5, 5.41) is 3.54. The number of rotatable bonds is 9. The number of carbonyl (C=O) groups is 2. The van der Waals surface area contributed by atoms with E-state index >= 15 is 0 Å². The standard InChI is InChI=1S/C31H25N3O5S/c1-38-27-16-14-22(18-28(27)39-2)32-29(36)21-13-15-24-25(17-21)33-31(34(30(24)37)23-11-7-4-8-12-23)40-19-26(35)20-9-5-3-6-10-20/h3-18H,19H2,1-2H3,(H,32,36). The molecule has 1 N–H and O–H groups in total. The molecular formula is C31H25N3O5S. The van der Waals surface area contributed by atoms with Crippen molar-refractivity contribution in [1.82, 2.24) is 9.55 Å². The zero-order chi connectivity index (χ0) is 28.1. The Kier molecular flexibility index (Phi) is 7.93. The van der Waals surface area contributed by atoms with Gasteiger partial charge < -0.3 is 14.8 Å². The normalized spacial score (nSPS) is 10.8. The summed E-state index contributed by atoms with van der Waals surface area (Å²) in [6.45, 7) is 0. The van der Waals surface area contributed by atoms with Crippen LogP contribution < -0.4 is 20.3 Å². The van der Waals surface area contributed by atoms with E-state index in [1.54, 1.807) is 60.7 Å².